The highest BCUT2D eigenvalue weighted by Crippen LogP contribution is 2.02. The topological polar surface area (TPSA) is 57.5 Å². The molecule has 144 valence electrons. The lowest BCUT2D eigenvalue weighted by atomic mass is 10.2. The third-order valence-electron chi connectivity index (χ3n) is 4.36. The summed E-state index contributed by atoms with van der Waals surface area (Å²) in [4.78, 5) is 7.06. The summed E-state index contributed by atoms with van der Waals surface area (Å²) in [5.74, 6) is 0.924. The number of guanidine groups is 1. The van der Waals surface area contributed by atoms with E-state index in [1.807, 2.05) is 6.92 Å². The van der Waals surface area contributed by atoms with Gasteiger partial charge in [-0.1, -0.05) is 0 Å². The highest BCUT2D eigenvalue weighted by molar-refractivity contribution is 5.79. The van der Waals surface area contributed by atoms with Crippen LogP contribution in [0.4, 0.5) is 0 Å². The third-order valence-corrected chi connectivity index (χ3v) is 4.36. The van der Waals surface area contributed by atoms with Gasteiger partial charge in [-0.15, -0.1) is 0 Å². The molecule has 0 atom stereocenters. The predicted molar refractivity (Wildman–Crippen MR) is 107 cm³/mol. The van der Waals surface area contributed by atoms with Crippen LogP contribution in [0.3, 0.4) is 0 Å². The molecule has 0 saturated carbocycles. The van der Waals surface area contributed by atoms with Gasteiger partial charge in [0.05, 0.1) is 5.69 Å². The highest BCUT2D eigenvalue weighted by atomic mass is 15.3. The molecular formula is C19H38N6. The van der Waals surface area contributed by atoms with Crippen LogP contribution in [0.1, 0.15) is 51.4 Å². The van der Waals surface area contributed by atoms with Crippen molar-refractivity contribution in [3.05, 3.63) is 17.5 Å². The molecule has 0 radical (unpaired) electrons. The number of aryl methyl sites for hydroxylation is 3. The van der Waals surface area contributed by atoms with Crippen molar-refractivity contribution in [2.24, 2.45) is 4.99 Å². The third kappa shape index (κ3) is 8.91. The smallest absolute Gasteiger partial charge is 0.191 e. The van der Waals surface area contributed by atoms with Gasteiger partial charge in [0.1, 0.15) is 0 Å². The average Bonchev–Trinajstić information content (AvgIpc) is 2.88. The normalized spacial score (nSPS) is 12.2. The van der Waals surface area contributed by atoms with E-state index >= 15 is 0 Å². The van der Waals surface area contributed by atoms with Crippen LogP contribution < -0.4 is 10.6 Å². The molecule has 1 aromatic heterocycles. The van der Waals surface area contributed by atoms with Gasteiger partial charge < -0.3 is 15.5 Å². The second-order valence-electron chi connectivity index (χ2n) is 6.97. The number of rotatable bonds is 11. The first-order chi connectivity index (χ1) is 11.9. The van der Waals surface area contributed by atoms with Gasteiger partial charge in [0.15, 0.2) is 5.96 Å². The van der Waals surface area contributed by atoms with Crippen molar-refractivity contribution >= 4 is 5.96 Å². The summed E-state index contributed by atoms with van der Waals surface area (Å²) < 4.78 is 2.07. The van der Waals surface area contributed by atoms with Crippen molar-refractivity contribution in [2.45, 2.75) is 66.5 Å². The Morgan fingerprint density at radius 1 is 1.24 bits per heavy atom. The zero-order valence-corrected chi connectivity index (χ0v) is 17.1. The quantitative estimate of drug-likeness (QED) is 0.366. The number of nitrogens with one attached hydrogen (secondary N) is 2. The Bertz CT molecular complexity index is 506. The van der Waals surface area contributed by atoms with Crippen molar-refractivity contribution in [1.29, 1.82) is 0 Å². The van der Waals surface area contributed by atoms with Crippen LogP contribution in [0.2, 0.25) is 0 Å². The molecule has 0 aromatic carbocycles. The summed E-state index contributed by atoms with van der Waals surface area (Å²) in [6.45, 7) is 15.4. The molecule has 0 amide bonds. The summed E-state index contributed by atoms with van der Waals surface area (Å²) in [5, 5.41) is 11.2. The molecular weight excluding hydrogens is 312 g/mol. The Hall–Kier alpha value is -1.56. The van der Waals surface area contributed by atoms with Crippen LogP contribution in [-0.4, -0.2) is 59.9 Å². The number of hydrogen-bond donors (Lipinski definition) is 2. The fourth-order valence-corrected chi connectivity index (χ4v) is 2.61. The van der Waals surface area contributed by atoms with Gasteiger partial charge in [0.25, 0.3) is 0 Å². The number of aromatic nitrogens is 2. The molecule has 2 N–H and O–H groups in total. The fourth-order valence-electron chi connectivity index (χ4n) is 2.61. The van der Waals surface area contributed by atoms with E-state index in [9.17, 15) is 0 Å². The van der Waals surface area contributed by atoms with Crippen molar-refractivity contribution < 1.29 is 0 Å². The van der Waals surface area contributed by atoms with Crippen molar-refractivity contribution in [2.75, 3.05) is 33.2 Å². The Morgan fingerprint density at radius 3 is 2.60 bits per heavy atom. The SMILES string of the molecule is CCNC(=NCCCn1nc(C)cc1C)NCCCCN(C)C(C)C. The van der Waals surface area contributed by atoms with Crippen LogP contribution in [0.5, 0.6) is 0 Å². The zero-order chi connectivity index (χ0) is 18.7. The lowest BCUT2D eigenvalue weighted by Gasteiger charge is -2.20. The first kappa shape index (κ1) is 21.5. The van der Waals surface area contributed by atoms with Gasteiger partial charge in [-0.05, 0) is 73.5 Å². The van der Waals surface area contributed by atoms with E-state index in [4.69, 9.17) is 0 Å². The van der Waals surface area contributed by atoms with Crippen molar-refractivity contribution in [3.8, 4) is 0 Å². The van der Waals surface area contributed by atoms with Gasteiger partial charge >= 0.3 is 0 Å². The van der Waals surface area contributed by atoms with Crippen molar-refractivity contribution in [3.63, 3.8) is 0 Å². The molecule has 0 fully saturated rings. The maximum absolute atomic E-state index is 4.67. The van der Waals surface area contributed by atoms with E-state index in [1.54, 1.807) is 0 Å². The number of aliphatic imine (C=N–C) groups is 1. The molecule has 6 heteroatoms. The molecule has 0 bridgehead atoms. The van der Waals surface area contributed by atoms with E-state index in [0.29, 0.717) is 6.04 Å². The number of nitrogens with zero attached hydrogens (tertiary/aromatic N) is 4. The van der Waals surface area contributed by atoms with Crippen LogP contribution in [0, 0.1) is 13.8 Å². The fraction of sp³-hybridized carbons (Fsp3) is 0.789. The molecule has 25 heavy (non-hydrogen) atoms. The lowest BCUT2D eigenvalue weighted by Crippen LogP contribution is -2.38. The second kappa shape index (κ2) is 11.9. The van der Waals surface area contributed by atoms with Gasteiger partial charge in [-0.25, -0.2) is 0 Å². The van der Waals surface area contributed by atoms with Crippen LogP contribution in [-0.2, 0) is 6.54 Å². The van der Waals surface area contributed by atoms with E-state index in [2.05, 4.69) is 71.1 Å². The van der Waals surface area contributed by atoms with Crippen LogP contribution in [0.15, 0.2) is 11.1 Å². The number of hydrogen-bond acceptors (Lipinski definition) is 3. The summed E-state index contributed by atoms with van der Waals surface area (Å²) in [7, 11) is 2.19. The van der Waals surface area contributed by atoms with Crippen LogP contribution >= 0.6 is 0 Å². The molecule has 0 aliphatic rings. The van der Waals surface area contributed by atoms with Crippen LogP contribution in [0.25, 0.3) is 0 Å². The Morgan fingerprint density at radius 2 is 2.00 bits per heavy atom. The molecule has 1 heterocycles. The molecule has 0 saturated heterocycles. The summed E-state index contributed by atoms with van der Waals surface area (Å²) in [6, 6.07) is 2.74. The van der Waals surface area contributed by atoms with E-state index in [1.165, 1.54) is 12.1 Å². The van der Waals surface area contributed by atoms with Gasteiger partial charge in [0.2, 0.25) is 0 Å². The first-order valence-electron chi connectivity index (χ1n) is 9.67. The average molecular weight is 351 g/mol. The minimum Gasteiger partial charge on any atom is -0.357 e. The molecule has 1 rings (SSSR count). The molecule has 1 aromatic rings. The second-order valence-corrected chi connectivity index (χ2v) is 6.97. The monoisotopic (exact) mass is 350 g/mol. The molecule has 0 unspecified atom stereocenters. The summed E-state index contributed by atoms with van der Waals surface area (Å²) >= 11 is 0. The van der Waals surface area contributed by atoms with E-state index in [-0.39, 0.29) is 0 Å². The van der Waals surface area contributed by atoms with Gasteiger partial charge in [0, 0.05) is 37.9 Å². The zero-order valence-electron chi connectivity index (χ0n) is 17.1. The molecule has 0 aliphatic carbocycles. The predicted octanol–water partition coefficient (Wildman–Crippen LogP) is 2.57. The highest BCUT2D eigenvalue weighted by Gasteiger charge is 2.03. The standard InChI is InChI=1S/C19H38N6/c1-7-20-19(21-11-8-9-13-24(6)16(2)3)22-12-10-14-25-18(5)15-17(4)23-25/h15-16H,7-14H2,1-6H3,(H2,20,21,22). The lowest BCUT2D eigenvalue weighted by molar-refractivity contribution is 0.268. The Balaban J connectivity index is 2.25. The Kier molecular flexibility index (Phi) is 10.2. The maximum atomic E-state index is 4.67. The summed E-state index contributed by atoms with van der Waals surface area (Å²) in [5.41, 5.74) is 2.30. The molecule has 6 nitrogen and oxygen atoms in total. The van der Waals surface area contributed by atoms with E-state index < -0.39 is 0 Å². The minimum atomic E-state index is 0.619. The summed E-state index contributed by atoms with van der Waals surface area (Å²) in [6.07, 6.45) is 3.37. The molecule has 0 spiro atoms. The maximum Gasteiger partial charge on any atom is 0.191 e. The largest absolute Gasteiger partial charge is 0.357 e. The molecule has 0 aliphatic heterocycles. The van der Waals surface area contributed by atoms with E-state index in [0.717, 1.165) is 57.2 Å². The van der Waals surface area contributed by atoms with Crippen molar-refractivity contribution in [1.82, 2.24) is 25.3 Å². The van der Waals surface area contributed by atoms with Gasteiger partial charge in [-0.2, -0.15) is 5.10 Å². The first-order valence-corrected chi connectivity index (χ1v) is 9.67. The minimum absolute atomic E-state index is 0.619. The Labute approximate surface area is 154 Å². The van der Waals surface area contributed by atoms with Gasteiger partial charge in [-0.3, -0.25) is 9.67 Å². The number of unbranched alkanes of at least 4 members (excludes halogenated alkanes) is 1.